The van der Waals surface area contributed by atoms with E-state index in [1.165, 1.54) is 0 Å². The molecule has 0 bridgehead atoms. The van der Waals surface area contributed by atoms with Gasteiger partial charge < -0.3 is 10.2 Å². The summed E-state index contributed by atoms with van der Waals surface area (Å²) in [6.45, 7) is 2.12. The first-order chi connectivity index (χ1) is 8.55. The van der Waals surface area contributed by atoms with Crippen LogP contribution in [0.25, 0.3) is 0 Å². The highest BCUT2D eigenvalue weighted by molar-refractivity contribution is 5.98. The van der Waals surface area contributed by atoms with Gasteiger partial charge >= 0.3 is 11.9 Å². The number of carbonyl (C=O) groups is 2. The number of hydrogen-bond donors (Lipinski definition) is 2. The first-order valence-electron chi connectivity index (χ1n) is 7.02. The number of carboxylic acid groups (broad SMARTS) is 2. The molecule has 0 aromatic rings. The Bertz CT molecular complexity index is 284. The molecule has 1 aliphatic rings. The predicted molar refractivity (Wildman–Crippen MR) is 68.4 cm³/mol. The topological polar surface area (TPSA) is 74.6 Å². The zero-order valence-corrected chi connectivity index (χ0v) is 11.2. The van der Waals surface area contributed by atoms with E-state index >= 15 is 0 Å². The highest BCUT2D eigenvalue weighted by Gasteiger charge is 2.53. The van der Waals surface area contributed by atoms with Crippen LogP contribution in [0.2, 0.25) is 0 Å². The van der Waals surface area contributed by atoms with Gasteiger partial charge in [-0.15, -0.1) is 0 Å². The number of unbranched alkanes of at least 4 members (excludes halogenated alkanes) is 3. The van der Waals surface area contributed by atoms with Crippen molar-refractivity contribution >= 4 is 11.9 Å². The van der Waals surface area contributed by atoms with Gasteiger partial charge in [0.2, 0.25) is 0 Å². The zero-order chi connectivity index (χ0) is 13.6. The zero-order valence-electron chi connectivity index (χ0n) is 11.2. The molecule has 1 rings (SSSR count). The lowest BCUT2D eigenvalue weighted by atomic mass is 9.64. The minimum atomic E-state index is -1.52. The molecule has 0 heterocycles. The average molecular weight is 256 g/mol. The van der Waals surface area contributed by atoms with E-state index < -0.39 is 17.4 Å². The lowest BCUT2D eigenvalue weighted by Crippen LogP contribution is -2.47. The molecular formula is C14H24O4. The molecule has 1 aliphatic carbocycles. The van der Waals surface area contributed by atoms with Gasteiger partial charge in [-0.05, 0) is 25.2 Å². The molecule has 1 atom stereocenters. The van der Waals surface area contributed by atoms with Crippen molar-refractivity contribution in [2.75, 3.05) is 0 Å². The van der Waals surface area contributed by atoms with Crippen LogP contribution in [0.1, 0.15) is 64.7 Å². The second-order valence-corrected chi connectivity index (χ2v) is 5.37. The quantitative estimate of drug-likeness (QED) is 0.541. The largest absolute Gasteiger partial charge is 0.480 e. The summed E-state index contributed by atoms with van der Waals surface area (Å²) in [5.74, 6) is -2.48. The molecule has 1 saturated carbocycles. The summed E-state index contributed by atoms with van der Waals surface area (Å²) in [5.41, 5.74) is -1.52. The first kappa shape index (κ1) is 15.0. The summed E-state index contributed by atoms with van der Waals surface area (Å²) in [4.78, 5) is 22.9. The second-order valence-electron chi connectivity index (χ2n) is 5.37. The molecule has 1 fully saturated rings. The summed E-state index contributed by atoms with van der Waals surface area (Å²) >= 11 is 0. The van der Waals surface area contributed by atoms with Crippen molar-refractivity contribution in [2.45, 2.75) is 64.7 Å². The lowest BCUT2D eigenvalue weighted by molar-refractivity contribution is -0.172. The Labute approximate surface area is 108 Å². The Balaban J connectivity index is 2.71. The molecule has 1 unspecified atom stereocenters. The maximum atomic E-state index is 11.4. The molecular weight excluding hydrogens is 232 g/mol. The maximum Gasteiger partial charge on any atom is 0.321 e. The van der Waals surface area contributed by atoms with Crippen LogP contribution in [0.4, 0.5) is 0 Å². The van der Waals surface area contributed by atoms with Crippen LogP contribution in [0, 0.1) is 11.3 Å². The van der Waals surface area contributed by atoms with Gasteiger partial charge in [-0.3, -0.25) is 9.59 Å². The maximum absolute atomic E-state index is 11.4. The van der Waals surface area contributed by atoms with Crippen LogP contribution in [-0.2, 0) is 9.59 Å². The Kier molecular flexibility index (Phi) is 5.63. The van der Waals surface area contributed by atoms with Crippen molar-refractivity contribution in [3.05, 3.63) is 0 Å². The van der Waals surface area contributed by atoms with Gasteiger partial charge in [-0.1, -0.05) is 45.4 Å². The number of rotatable bonds is 7. The summed E-state index contributed by atoms with van der Waals surface area (Å²) < 4.78 is 0. The van der Waals surface area contributed by atoms with Crippen molar-refractivity contribution < 1.29 is 19.8 Å². The molecule has 0 radical (unpaired) electrons. The van der Waals surface area contributed by atoms with E-state index in [1.807, 2.05) is 0 Å². The molecule has 4 heteroatoms. The molecule has 0 aliphatic heterocycles. The van der Waals surface area contributed by atoms with Crippen molar-refractivity contribution in [1.82, 2.24) is 0 Å². The summed E-state index contributed by atoms with van der Waals surface area (Å²) in [5, 5.41) is 18.7. The van der Waals surface area contributed by atoms with E-state index in [0.29, 0.717) is 6.42 Å². The molecule has 4 nitrogen and oxygen atoms in total. The van der Waals surface area contributed by atoms with E-state index in [0.717, 1.165) is 44.9 Å². The van der Waals surface area contributed by atoms with Crippen LogP contribution in [-0.4, -0.2) is 22.2 Å². The van der Waals surface area contributed by atoms with Crippen LogP contribution in [0.15, 0.2) is 0 Å². The van der Waals surface area contributed by atoms with Gasteiger partial charge in [0.15, 0.2) is 5.41 Å². The third-order valence-electron chi connectivity index (χ3n) is 4.24. The molecule has 0 spiro atoms. The Morgan fingerprint density at radius 1 is 1.11 bits per heavy atom. The van der Waals surface area contributed by atoms with Gasteiger partial charge in [0.25, 0.3) is 0 Å². The van der Waals surface area contributed by atoms with Gasteiger partial charge in [0.1, 0.15) is 0 Å². The van der Waals surface area contributed by atoms with Crippen LogP contribution < -0.4 is 0 Å². The minimum absolute atomic E-state index is 0.196. The smallest absolute Gasteiger partial charge is 0.321 e. The lowest BCUT2D eigenvalue weighted by Gasteiger charge is -2.37. The Hall–Kier alpha value is -1.06. The Morgan fingerprint density at radius 2 is 1.78 bits per heavy atom. The summed E-state index contributed by atoms with van der Waals surface area (Å²) in [6, 6.07) is 0. The van der Waals surface area contributed by atoms with Crippen LogP contribution >= 0.6 is 0 Å². The minimum Gasteiger partial charge on any atom is -0.480 e. The molecule has 18 heavy (non-hydrogen) atoms. The summed E-state index contributed by atoms with van der Waals surface area (Å²) in [7, 11) is 0. The van der Waals surface area contributed by atoms with Crippen molar-refractivity contribution in [2.24, 2.45) is 11.3 Å². The molecule has 104 valence electrons. The SMILES string of the molecule is CCCCCCC1CCCCC1(C(=O)O)C(=O)O. The average Bonchev–Trinajstić information content (AvgIpc) is 2.34. The molecule has 0 saturated heterocycles. The fourth-order valence-electron chi connectivity index (χ4n) is 3.11. The van der Waals surface area contributed by atoms with Gasteiger partial charge in [-0.25, -0.2) is 0 Å². The van der Waals surface area contributed by atoms with E-state index in [1.54, 1.807) is 0 Å². The molecule has 0 aromatic heterocycles. The standard InChI is InChI=1S/C14H24O4/c1-2-3-4-5-8-11-9-6-7-10-14(11,12(15)16)13(17)18/h11H,2-10H2,1H3,(H,15,16)(H,17,18). The number of hydrogen-bond acceptors (Lipinski definition) is 2. The van der Waals surface area contributed by atoms with Gasteiger partial charge in [-0.2, -0.15) is 0 Å². The summed E-state index contributed by atoms with van der Waals surface area (Å²) in [6.07, 6.45) is 7.72. The molecule has 0 amide bonds. The fourth-order valence-corrected chi connectivity index (χ4v) is 3.11. The van der Waals surface area contributed by atoms with Crippen molar-refractivity contribution in [1.29, 1.82) is 0 Å². The van der Waals surface area contributed by atoms with E-state index in [9.17, 15) is 19.8 Å². The molecule has 2 N–H and O–H groups in total. The van der Waals surface area contributed by atoms with Crippen LogP contribution in [0.5, 0.6) is 0 Å². The first-order valence-corrected chi connectivity index (χ1v) is 7.02. The van der Waals surface area contributed by atoms with Crippen LogP contribution in [0.3, 0.4) is 0 Å². The highest BCUT2D eigenvalue weighted by atomic mass is 16.4. The number of aliphatic carboxylic acids is 2. The highest BCUT2D eigenvalue weighted by Crippen LogP contribution is 2.44. The third-order valence-corrected chi connectivity index (χ3v) is 4.24. The van der Waals surface area contributed by atoms with Gasteiger partial charge in [0.05, 0.1) is 0 Å². The fraction of sp³-hybridized carbons (Fsp3) is 0.857. The van der Waals surface area contributed by atoms with E-state index in [4.69, 9.17) is 0 Å². The molecule has 0 aromatic carbocycles. The third kappa shape index (κ3) is 3.03. The van der Waals surface area contributed by atoms with Crippen molar-refractivity contribution in [3.63, 3.8) is 0 Å². The monoisotopic (exact) mass is 256 g/mol. The Morgan fingerprint density at radius 3 is 2.33 bits per heavy atom. The second kappa shape index (κ2) is 6.76. The van der Waals surface area contributed by atoms with Gasteiger partial charge in [0, 0.05) is 0 Å². The van der Waals surface area contributed by atoms with E-state index in [-0.39, 0.29) is 12.3 Å². The predicted octanol–water partition coefficient (Wildman–Crippen LogP) is 3.30. The van der Waals surface area contributed by atoms with E-state index in [2.05, 4.69) is 6.92 Å². The van der Waals surface area contributed by atoms with Crippen molar-refractivity contribution in [3.8, 4) is 0 Å². The number of carboxylic acids is 2. The normalized spacial score (nSPS) is 22.6.